The average Bonchev–Trinajstić information content (AvgIpc) is 2.64. The van der Waals surface area contributed by atoms with Crippen LogP contribution in [0.1, 0.15) is 30.1 Å². The third-order valence-corrected chi connectivity index (χ3v) is 5.43. The Balaban J connectivity index is 2.05. The fourth-order valence-electron chi connectivity index (χ4n) is 3.26. The number of aliphatic carboxylic acids is 1. The zero-order valence-corrected chi connectivity index (χ0v) is 16.0. The number of carbonyl (C=O) groups is 3. The van der Waals surface area contributed by atoms with E-state index in [9.17, 15) is 19.5 Å². The molecule has 6 nitrogen and oxygen atoms in total. The van der Waals surface area contributed by atoms with Crippen LogP contribution in [0, 0.1) is 11.8 Å². The van der Waals surface area contributed by atoms with E-state index in [1.54, 1.807) is 40.9 Å². The van der Waals surface area contributed by atoms with Crippen molar-refractivity contribution in [3.8, 4) is 0 Å². The number of rotatable bonds is 7. The molecule has 7 heteroatoms. The van der Waals surface area contributed by atoms with E-state index in [4.69, 9.17) is 0 Å². The lowest BCUT2D eigenvalue weighted by molar-refractivity contribution is -0.148. The zero-order chi connectivity index (χ0) is 19.1. The Bertz CT molecular complexity index is 638. The number of benzene rings is 1. The summed E-state index contributed by atoms with van der Waals surface area (Å²) in [6.45, 7) is 2.68. The Morgan fingerprint density at radius 1 is 1.31 bits per heavy atom. The Hall–Kier alpha value is -2.02. The summed E-state index contributed by atoms with van der Waals surface area (Å²) in [6.07, 6.45) is 2.96. The first-order valence-corrected chi connectivity index (χ1v) is 10.2. The Morgan fingerprint density at radius 3 is 2.58 bits per heavy atom. The standard InChI is InChI=1S/C19H26N2O4S/c1-13-12-21(10-8-15(13)19(24)25)18(23)16(9-11-26-2)20-17(22)14-6-4-3-5-7-14/h3-7,13,15-16H,8-12H2,1-2H3,(H,20,22)(H,24,25). The van der Waals surface area contributed by atoms with Crippen molar-refractivity contribution in [2.75, 3.05) is 25.1 Å². The van der Waals surface area contributed by atoms with Gasteiger partial charge in [-0.1, -0.05) is 25.1 Å². The number of piperidine rings is 1. The molecule has 3 unspecified atom stereocenters. The number of amides is 2. The van der Waals surface area contributed by atoms with Crippen LogP contribution in [0.4, 0.5) is 0 Å². The van der Waals surface area contributed by atoms with Crippen molar-refractivity contribution >= 4 is 29.5 Å². The van der Waals surface area contributed by atoms with Gasteiger partial charge in [-0.3, -0.25) is 14.4 Å². The van der Waals surface area contributed by atoms with Crippen LogP contribution < -0.4 is 5.32 Å². The quantitative estimate of drug-likeness (QED) is 0.759. The molecule has 1 heterocycles. The van der Waals surface area contributed by atoms with Crippen molar-refractivity contribution in [3.63, 3.8) is 0 Å². The maximum absolute atomic E-state index is 12.9. The summed E-state index contributed by atoms with van der Waals surface area (Å²) in [5, 5.41) is 12.1. The fourth-order valence-corrected chi connectivity index (χ4v) is 3.73. The van der Waals surface area contributed by atoms with Crippen LogP contribution >= 0.6 is 11.8 Å². The monoisotopic (exact) mass is 378 g/mol. The highest BCUT2D eigenvalue weighted by atomic mass is 32.2. The third-order valence-electron chi connectivity index (χ3n) is 4.78. The van der Waals surface area contributed by atoms with Crippen molar-refractivity contribution in [1.82, 2.24) is 10.2 Å². The molecule has 2 amide bonds. The average molecular weight is 378 g/mol. The SMILES string of the molecule is CSCCC(NC(=O)c1ccccc1)C(=O)N1CCC(C(=O)O)C(C)C1. The summed E-state index contributed by atoms with van der Waals surface area (Å²) in [4.78, 5) is 38.3. The van der Waals surface area contributed by atoms with Crippen LogP contribution in [0.5, 0.6) is 0 Å². The fraction of sp³-hybridized carbons (Fsp3) is 0.526. The number of nitrogens with zero attached hydrogens (tertiary/aromatic N) is 1. The van der Waals surface area contributed by atoms with E-state index in [0.29, 0.717) is 31.5 Å². The normalized spacial score (nSPS) is 21.1. The molecule has 0 aliphatic carbocycles. The molecule has 1 aliphatic rings. The molecule has 1 aromatic rings. The lowest BCUT2D eigenvalue weighted by Crippen LogP contribution is -2.53. The lowest BCUT2D eigenvalue weighted by Gasteiger charge is -2.37. The third kappa shape index (κ3) is 5.24. The molecule has 2 rings (SSSR count). The van der Waals surface area contributed by atoms with E-state index in [1.165, 1.54) is 0 Å². The molecule has 1 aromatic carbocycles. The molecule has 1 saturated heterocycles. The van der Waals surface area contributed by atoms with Crippen LogP contribution in [0.2, 0.25) is 0 Å². The van der Waals surface area contributed by atoms with Gasteiger partial charge in [0, 0.05) is 18.7 Å². The van der Waals surface area contributed by atoms with Gasteiger partial charge in [0.05, 0.1) is 5.92 Å². The first-order valence-electron chi connectivity index (χ1n) is 8.80. The molecule has 1 fully saturated rings. The molecule has 0 bridgehead atoms. The summed E-state index contributed by atoms with van der Waals surface area (Å²) in [5.74, 6) is -0.954. The summed E-state index contributed by atoms with van der Waals surface area (Å²) in [7, 11) is 0. The van der Waals surface area contributed by atoms with Gasteiger partial charge < -0.3 is 15.3 Å². The van der Waals surface area contributed by atoms with E-state index in [2.05, 4.69) is 5.32 Å². The minimum Gasteiger partial charge on any atom is -0.481 e. The number of carbonyl (C=O) groups excluding carboxylic acids is 2. The number of likely N-dealkylation sites (tertiary alicyclic amines) is 1. The van der Waals surface area contributed by atoms with Gasteiger partial charge in [0.25, 0.3) is 5.91 Å². The van der Waals surface area contributed by atoms with E-state index >= 15 is 0 Å². The van der Waals surface area contributed by atoms with E-state index in [-0.39, 0.29) is 17.7 Å². The molecule has 0 spiro atoms. The topological polar surface area (TPSA) is 86.7 Å². The number of hydrogen-bond acceptors (Lipinski definition) is 4. The van der Waals surface area contributed by atoms with Crippen molar-refractivity contribution in [3.05, 3.63) is 35.9 Å². The molecule has 3 atom stereocenters. The first kappa shape index (κ1) is 20.3. The molecular formula is C19H26N2O4S. The summed E-state index contributed by atoms with van der Waals surface area (Å²) in [6, 6.07) is 8.24. The van der Waals surface area contributed by atoms with E-state index in [1.807, 2.05) is 19.2 Å². The molecule has 0 aromatic heterocycles. The molecule has 142 valence electrons. The maximum atomic E-state index is 12.9. The van der Waals surface area contributed by atoms with Gasteiger partial charge in [0.2, 0.25) is 5.91 Å². The van der Waals surface area contributed by atoms with Gasteiger partial charge in [0.1, 0.15) is 6.04 Å². The van der Waals surface area contributed by atoms with Gasteiger partial charge in [0.15, 0.2) is 0 Å². The van der Waals surface area contributed by atoms with Crippen molar-refractivity contribution in [1.29, 1.82) is 0 Å². The predicted octanol–water partition coefficient (Wildman–Crippen LogP) is 2.11. The van der Waals surface area contributed by atoms with Crippen molar-refractivity contribution in [2.24, 2.45) is 11.8 Å². The van der Waals surface area contributed by atoms with Crippen molar-refractivity contribution in [2.45, 2.75) is 25.8 Å². The Kier molecular flexibility index (Phi) is 7.50. The molecule has 26 heavy (non-hydrogen) atoms. The van der Waals surface area contributed by atoms with Gasteiger partial charge in [-0.25, -0.2) is 0 Å². The molecule has 2 N–H and O–H groups in total. The Morgan fingerprint density at radius 2 is 2.00 bits per heavy atom. The Labute approximate surface area is 158 Å². The highest BCUT2D eigenvalue weighted by Gasteiger charge is 2.35. The zero-order valence-electron chi connectivity index (χ0n) is 15.2. The largest absolute Gasteiger partial charge is 0.481 e. The van der Waals surface area contributed by atoms with Gasteiger partial charge in [-0.15, -0.1) is 0 Å². The highest BCUT2D eigenvalue weighted by Crippen LogP contribution is 2.24. The van der Waals surface area contributed by atoms with E-state index in [0.717, 1.165) is 5.75 Å². The number of nitrogens with one attached hydrogen (secondary N) is 1. The van der Waals surface area contributed by atoms with Gasteiger partial charge in [-0.2, -0.15) is 11.8 Å². The molecule has 0 radical (unpaired) electrons. The first-order chi connectivity index (χ1) is 12.4. The summed E-state index contributed by atoms with van der Waals surface area (Å²) in [5.41, 5.74) is 0.521. The van der Waals surface area contributed by atoms with E-state index < -0.39 is 17.9 Å². The van der Waals surface area contributed by atoms with Gasteiger partial charge in [-0.05, 0) is 42.9 Å². The second-order valence-electron chi connectivity index (χ2n) is 6.67. The maximum Gasteiger partial charge on any atom is 0.306 e. The van der Waals surface area contributed by atoms with Gasteiger partial charge >= 0.3 is 5.97 Å². The summed E-state index contributed by atoms with van der Waals surface area (Å²) >= 11 is 1.62. The predicted molar refractivity (Wildman–Crippen MR) is 102 cm³/mol. The second-order valence-corrected chi connectivity index (χ2v) is 7.65. The highest BCUT2D eigenvalue weighted by molar-refractivity contribution is 7.98. The van der Waals surface area contributed by atoms with Crippen LogP contribution in [-0.2, 0) is 9.59 Å². The second kappa shape index (κ2) is 9.62. The van der Waals surface area contributed by atoms with Crippen LogP contribution in [0.15, 0.2) is 30.3 Å². The smallest absolute Gasteiger partial charge is 0.306 e. The minimum atomic E-state index is -0.805. The lowest BCUT2D eigenvalue weighted by atomic mass is 9.86. The van der Waals surface area contributed by atoms with Crippen LogP contribution in [0.3, 0.4) is 0 Å². The molecule has 1 aliphatic heterocycles. The number of carboxylic acid groups (broad SMARTS) is 1. The minimum absolute atomic E-state index is 0.101. The summed E-state index contributed by atoms with van der Waals surface area (Å²) < 4.78 is 0. The van der Waals surface area contributed by atoms with Crippen LogP contribution in [0.25, 0.3) is 0 Å². The number of thioether (sulfide) groups is 1. The van der Waals surface area contributed by atoms with Crippen LogP contribution in [-0.4, -0.2) is 58.9 Å². The molecular weight excluding hydrogens is 352 g/mol. The van der Waals surface area contributed by atoms with Crippen molar-refractivity contribution < 1.29 is 19.5 Å². The number of carboxylic acids is 1. The number of hydrogen-bond donors (Lipinski definition) is 2. The molecule has 0 saturated carbocycles.